The van der Waals surface area contributed by atoms with Crippen molar-refractivity contribution in [3.63, 3.8) is 0 Å². The van der Waals surface area contributed by atoms with E-state index in [9.17, 15) is 19.7 Å². The smallest absolute Gasteiger partial charge is 0.293 e. The first-order valence-corrected chi connectivity index (χ1v) is 8.95. The lowest BCUT2D eigenvalue weighted by atomic mass is 10.1. The number of methoxy groups -OCH3 is 1. The van der Waals surface area contributed by atoms with Crippen molar-refractivity contribution < 1.29 is 19.2 Å². The Balaban J connectivity index is 1.97. The van der Waals surface area contributed by atoms with Gasteiger partial charge in [0.2, 0.25) is 11.8 Å². The molecule has 0 aromatic heterocycles. The van der Waals surface area contributed by atoms with Crippen molar-refractivity contribution in [3.05, 3.63) is 57.1 Å². The van der Waals surface area contributed by atoms with E-state index in [2.05, 4.69) is 10.6 Å². The zero-order chi connectivity index (χ0) is 21.6. The van der Waals surface area contributed by atoms with Crippen LogP contribution in [-0.4, -0.2) is 48.9 Å². The van der Waals surface area contributed by atoms with Crippen molar-refractivity contribution in [1.29, 1.82) is 0 Å². The van der Waals surface area contributed by atoms with Crippen molar-refractivity contribution in [3.8, 4) is 5.75 Å². The lowest BCUT2D eigenvalue weighted by molar-refractivity contribution is -0.384. The van der Waals surface area contributed by atoms with E-state index in [1.807, 2.05) is 0 Å². The van der Waals surface area contributed by atoms with Crippen LogP contribution in [0.4, 0.5) is 17.1 Å². The van der Waals surface area contributed by atoms with Gasteiger partial charge in [0, 0.05) is 11.1 Å². The summed E-state index contributed by atoms with van der Waals surface area (Å²) in [6.45, 7) is 1.45. The minimum atomic E-state index is -0.557. The number of amides is 2. The van der Waals surface area contributed by atoms with Crippen molar-refractivity contribution in [2.75, 3.05) is 37.9 Å². The third kappa shape index (κ3) is 6.16. The number of aryl methyl sites for hydroxylation is 1. The molecule has 2 aromatic rings. The molecule has 0 saturated heterocycles. The molecule has 0 atom stereocenters. The summed E-state index contributed by atoms with van der Waals surface area (Å²) in [6, 6.07) is 9.35. The van der Waals surface area contributed by atoms with E-state index in [1.54, 1.807) is 44.3 Å². The second kappa shape index (κ2) is 9.85. The topological polar surface area (TPSA) is 114 Å². The molecule has 0 bridgehead atoms. The molecular weight excluding hydrogens is 400 g/mol. The normalized spacial score (nSPS) is 10.5. The van der Waals surface area contributed by atoms with Crippen LogP contribution in [0.2, 0.25) is 5.02 Å². The molecule has 2 N–H and O–H groups in total. The Kier molecular flexibility index (Phi) is 7.52. The first kappa shape index (κ1) is 22.1. The highest BCUT2D eigenvalue weighted by molar-refractivity contribution is 6.31. The Bertz CT molecular complexity index is 935. The molecule has 2 amide bonds. The molecule has 0 aliphatic heterocycles. The molecule has 0 aliphatic rings. The van der Waals surface area contributed by atoms with Gasteiger partial charge in [-0.05, 0) is 37.7 Å². The summed E-state index contributed by atoms with van der Waals surface area (Å²) in [5.74, 6) is -0.393. The minimum Gasteiger partial charge on any atom is -0.495 e. The highest BCUT2D eigenvalue weighted by atomic mass is 35.5. The van der Waals surface area contributed by atoms with Gasteiger partial charge in [0.05, 0.1) is 30.8 Å². The standard InChI is InChI=1S/C19H21ClN4O5/c1-12-5-4-6-15(24(27)28)19(12)22-18(26)11-23(2)10-17(25)21-14-9-13(20)7-8-16(14)29-3/h4-9H,10-11H2,1-3H3,(H,21,25)(H,22,26). The zero-order valence-corrected chi connectivity index (χ0v) is 16.9. The fourth-order valence-corrected chi connectivity index (χ4v) is 2.83. The van der Waals surface area contributed by atoms with E-state index in [0.29, 0.717) is 22.0 Å². The fourth-order valence-electron chi connectivity index (χ4n) is 2.66. The van der Waals surface area contributed by atoms with Gasteiger partial charge in [0.25, 0.3) is 5.69 Å². The van der Waals surface area contributed by atoms with Crippen molar-refractivity contribution in [1.82, 2.24) is 4.90 Å². The Morgan fingerprint density at radius 1 is 1.17 bits per heavy atom. The van der Waals surface area contributed by atoms with Crippen molar-refractivity contribution in [2.24, 2.45) is 0 Å². The van der Waals surface area contributed by atoms with E-state index in [4.69, 9.17) is 16.3 Å². The van der Waals surface area contributed by atoms with Crippen molar-refractivity contribution >= 4 is 40.5 Å². The number of carbonyl (C=O) groups is 2. The Morgan fingerprint density at radius 2 is 1.83 bits per heavy atom. The summed E-state index contributed by atoms with van der Waals surface area (Å²) >= 11 is 5.94. The summed E-state index contributed by atoms with van der Waals surface area (Å²) in [6.07, 6.45) is 0. The lowest BCUT2D eigenvalue weighted by Crippen LogP contribution is -2.36. The Labute approximate surface area is 172 Å². The summed E-state index contributed by atoms with van der Waals surface area (Å²) < 4.78 is 5.17. The SMILES string of the molecule is COc1ccc(Cl)cc1NC(=O)CN(C)CC(=O)Nc1c(C)cccc1[N+](=O)[O-]. The molecule has 0 radical (unpaired) electrons. The highest BCUT2D eigenvalue weighted by Gasteiger charge is 2.19. The van der Waals surface area contributed by atoms with E-state index >= 15 is 0 Å². The quantitative estimate of drug-likeness (QED) is 0.501. The van der Waals surface area contributed by atoms with Crippen LogP contribution in [0.25, 0.3) is 0 Å². The Morgan fingerprint density at radius 3 is 2.45 bits per heavy atom. The van der Waals surface area contributed by atoms with Crippen LogP contribution in [0.1, 0.15) is 5.56 Å². The van der Waals surface area contributed by atoms with Crippen LogP contribution in [0, 0.1) is 17.0 Å². The number of para-hydroxylation sites is 1. The van der Waals surface area contributed by atoms with Crippen LogP contribution < -0.4 is 15.4 Å². The monoisotopic (exact) mass is 420 g/mol. The van der Waals surface area contributed by atoms with Gasteiger partial charge in [-0.1, -0.05) is 23.7 Å². The minimum absolute atomic E-state index is 0.0844. The second-order valence-electron chi connectivity index (χ2n) is 6.34. The summed E-state index contributed by atoms with van der Waals surface area (Å²) in [5, 5.41) is 16.8. The third-order valence-electron chi connectivity index (χ3n) is 3.97. The van der Waals surface area contributed by atoms with Gasteiger partial charge in [-0.2, -0.15) is 0 Å². The molecule has 2 aromatic carbocycles. The maximum atomic E-state index is 12.3. The Hall–Kier alpha value is -3.17. The molecule has 0 heterocycles. The van der Waals surface area contributed by atoms with Gasteiger partial charge < -0.3 is 15.4 Å². The fraction of sp³-hybridized carbons (Fsp3) is 0.263. The number of rotatable bonds is 8. The van der Waals surface area contributed by atoms with E-state index < -0.39 is 10.8 Å². The molecule has 0 unspecified atom stereocenters. The third-order valence-corrected chi connectivity index (χ3v) is 4.21. The van der Waals surface area contributed by atoms with E-state index in [-0.39, 0.29) is 30.4 Å². The molecule has 0 spiro atoms. The molecule has 0 fully saturated rings. The number of halogens is 1. The number of ether oxygens (including phenoxy) is 1. The number of likely N-dealkylation sites (N-methyl/N-ethyl adjacent to an activating group) is 1. The maximum absolute atomic E-state index is 12.3. The van der Waals surface area contributed by atoms with Crippen LogP contribution in [0.5, 0.6) is 5.75 Å². The summed E-state index contributed by atoms with van der Waals surface area (Å²) in [4.78, 5) is 36.6. The van der Waals surface area contributed by atoms with Gasteiger partial charge in [0.1, 0.15) is 11.4 Å². The van der Waals surface area contributed by atoms with E-state index in [0.717, 1.165) is 0 Å². The molecule has 0 saturated carbocycles. The number of nitrogens with zero attached hydrogens (tertiary/aromatic N) is 2. The number of nitro groups is 1. The summed E-state index contributed by atoms with van der Waals surface area (Å²) in [5.41, 5.74) is 0.940. The average molecular weight is 421 g/mol. The second-order valence-corrected chi connectivity index (χ2v) is 6.78. The molecule has 0 aliphatic carbocycles. The van der Waals surface area contributed by atoms with Crippen LogP contribution in [0.15, 0.2) is 36.4 Å². The first-order valence-electron chi connectivity index (χ1n) is 8.57. The molecule has 154 valence electrons. The van der Waals surface area contributed by atoms with Crippen molar-refractivity contribution in [2.45, 2.75) is 6.92 Å². The first-order chi connectivity index (χ1) is 13.7. The number of hydrogen-bond acceptors (Lipinski definition) is 6. The molecule has 10 heteroatoms. The predicted octanol–water partition coefficient (Wildman–Crippen LogP) is 3.07. The van der Waals surface area contributed by atoms with E-state index in [1.165, 1.54) is 18.1 Å². The summed E-state index contributed by atoms with van der Waals surface area (Å²) in [7, 11) is 3.06. The van der Waals surface area contributed by atoms with Gasteiger partial charge in [-0.3, -0.25) is 24.6 Å². The van der Waals surface area contributed by atoms with Gasteiger partial charge in [-0.15, -0.1) is 0 Å². The number of benzene rings is 2. The molecule has 2 rings (SSSR count). The number of hydrogen-bond donors (Lipinski definition) is 2. The van der Waals surface area contributed by atoms with Crippen LogP contribution in [-0.2, 0) is 9.59 Å². The highest BCUT2D eigenvalue weighted by Crippen LogP contribution is 2.28. The number of anilines is 2. The van der Waals surface area contributed by atoms with Gasteiger partial charge in [-0.25, -0.2) is 0 Å². The predicted molar refractivity (Wildman–Crippen MR) is 111 cm³/mol. The number of carbonyl (C=O) groups excluding carboxylic acids is 2. The molecular formula is C19H21ClN4O5. The zero-order valence-electron chi connectivity index (χ0n) is 16.2. The largest absolute Gasteiger partial charge is 0.495 e. The van der Waals surface area contributed by atoms with Gasteiger partial charge >= 0.3 is 0 Å². The van der Waals surface area contributed by atoms with Gasteiger partial charge in [0.15, 0.2) is 0 Å². The average Bonchev–Trinajstić information content (AvgIpc) is 2.63. The van der Waals surface area contributed by atoms with Crippen LogP contribution in [0.3, 0.4) is 0 Å². The molecule has 29 heavy (non-hydrogen) atoms. The molecule has 9 nitrogen and oxygen atoms in total. The maximum Gasteiger partial charge on any atom is 0.293 e. The number of nitrogens with one attached hydrogen (secondary N) is 2. The van der Waals surface area contributed by atoms with Crippen LogP contribution >= 0.6 is 11.6 Å². The number of nitro benzene ring substituents is 1. The lowest BCUT2D eigenvalue weighted by Gasteiger charge is -2.17.